The molecule has 0 aliphatic carbocycles. The third-order valence-electron chi connectivity index (χ3n) is 4.38. The van der Waals surface area contributed by atoms with Crippen LogP contribution in [0, 0.1) is 17.7 Å². The molecule has 2 atom stereocenters. The Morgan fingerprint density at radius 3 is 2.92 bits per heavy atom. The van der Waals surface area contributed by atoms with Crippen molar-refractivity contribution in [1.29, 1.82) is 0 Å². The quantitative estimate of drug-likeness (QED) is 0.798. The minimum absolute atomic E-state index is 0.00954. The van der Waals surface area contributed by atoms with E-state index in [9.17, 15) is 14.3 Å². The molecule has 2 unspecified atom stereocenters. The van der Waals surface area contributed by atoms with Gasteiger partial charge in [-0.25, -0.2) is 9.37 Å². The molecular weight excluding hydrogens is 313 g/mol. The van der Waals surface area contributed by atoms with Gasteiger partial charge in [-0.2, -0.15) is 0 Å². The Morgan fingerprint density at radius 2 is 2.25 bits per heavy atom. The van der Waals surface area contributed by atoms with Crippen LogP contribution in [-0.4, -0.2) is 79.3 Å². The molecule has 1 aromatic rings. The number of likely N-dealkylation sites (N-methyl/N-ethyl adjacent to an activating group) is 1. The largest absolute Gasteiger partial charge is 0.396 e. The summed E-state index contributed by atoms with van der Waals surface area (Å²) in [6.07, 6.45) is 2.27. The molecular formula is C17H26FN3O3. The summed E-state index contributed by atoms with van der Waals surface area (Å²) in [4.78, 5) is 20.2. The van der Waals surface area contributed by atoms with E-state index >= 15 is 0 Å². The topological polar surface area (TPSA) is 65.9 Å². The van der Waals surface area contributed by atoms with Crippen molar-refractivity contribution in [3.05, 3.63) is 29.8 Å². The summed E-state index contributed by atoms with van der Waals surface area (Å²) in [6.45, 7) is 3.25. The first-order valence-corrected chi connectivity index (χ1v) is 8.23. The van der Waals surface area contributed by atoms with Crippen molar-refractivity contribution in [3.8, 4) is 0 Å². The molecule has 134 valence electrons. The minimum Gasteiger partial charge on any atom is -0.396 e. The number of aliphatic hydroxyl groups is 1. The Bertz CT molecular complexity index is 544. The molecule has 1 N–H and O–H groups in total. The van der Waals surface area contributed by atoms with E-state index in [0.717, 1.165) is 19.5 Å². The third kappa shape index (κ3) is 4.96. The summed E-state index contributed by atoms with van der Waals surface area (Å²) >= 11 is 0. The van der Waals surface area contributed by atoms with Gasteiger partial charge in [-0.1, -0.05) is 0 Å². The number of aliphatic hydroxyl groups excluding tert-OH is 1. The second-order valence-corrected chi connectivity index (χ2v) is 6.45. The first-order valence-electron chi connectivity index (χ1n) is 8.23. The highest BCUT2D eigenvalue weighted by Gasteiger charge is 2.32. The molecule has 0 saturated carbocycles. The molecule has 0 bridgehead atoms. The number of carbonyl (C=O) groups excluding carboxylic acids is 1. The lowest BCUT2D eigenvalue weighted by Gasteiger charge is -2.38. The molecule has 1 fully saturated rings. The highest BCUT2D eigenvalue weighted by atomic mass is 19.1. The smallest absolute Gasteiger partial charge is 0.275 e. The normalized spacial score (nSPS) is 21.3. The Balaban J connectivity index is 2.04. The molecule has 1 amide bonds. The zero-order valence-electron chi connectivity index (χ0n) is 14.3. The maximum atomic E-state index is 13.8. The van der Waals surface area contributed by atoms with Crippen LogP contribution >= 0.6 is 0 Å². The molecule has 1 saturated heterocycles. The van der Waals surface area contributed by atoms with Gasteiger partial charge < -0.3 is 19.6 Å². The first-order chi connectivity index (χ1) is 11.5. The number of likely N-dealkylation sites (tertiary alicyclic amines) is 1. The van der Waals surface area contributed by atoms with Gasteiger partial charge in [0, 0.05) is 46.1 Å². The molecule has 0 aromatic carbocycles. The van der Waals surface area contributed by atoms with Crippen LogP contribution in [0.1, 0.15) is 16.9 Å². The van der Waals surface area contributed by atoms with Gasteiger partial charge in [-0.3, -0.25) is 4.79 Å². The number of carbonyl (C=O) groups is 1. The van der Waals surface area contributed by atoms with Crippen LogP contribution in [0.25, 0.3) is 0 Å². The SMILES string of the molecule is COCCN(C)CC1CC(CO)CN(C(=O)c2ncccc2F)C1. The van der Waals surface area contributed by atoms with Crippen molar-refractivity contribution in [1.82, 2.24) is 14.8 Å². The number of ether oxygens (including phenoxy) is 1. The number of pyridine rings is 1. The third-order valence-corrected chi connectivity index (χ3v) is 4.38. The van der Waals surface area contributed by atoms with Crippen LogP contribution in [0.15, 0.2) is 18.3 Å². The average Bonchev–Trinajstić information content (AvgIpc) is 2.59. The van der Waals surface area contributed by atoms with Crippen molar-refractivity contribution in [2.24, 2.45) is 11.8 Å². The van der Waals surface area contributed by atoms with E-state index < -0.39 is 11.7 Å². The van der Waals surface area contributed by atoms with E-state index in [0.29, 0.717) is 19.7 Å². The number of methoxy groups -OCH3 is 1. The number of nitrogens with zero attached hydrogens (tertiary/aromatic N) is 3. The molecule has 0 radical (unpaired) electrons. The molecule has 0 spiro atoms. The zero-order valence-corrected chi connectivity index (χ0v) is 14.3. The summed E-state index contributed by atoms with van der Waals surface area (Å²) in [5, 5.41) is 9.55. The summed E-state index contributed by atoms with van der Waals surface area (Å²) in [5.74, 6) is -0.776. The molecule has 24 heavy (non-hydrogen) atoms. The highest BCUT2D eigenvalue weighted by molar-refractivity contribution is 5.92. The van der Waals surface area contributed by atoms with Crippen LogP contribution in [0.5, 0.6) is 0 Å². The summed E-state index contributed by atoms with van der Waals surface area (Å²) in [5.41, 5.74) is -0.150. The van der Waals surface area contributed by atoms with Crippen LogP contribution in [-0.2, 0) is 4.74 Å². The lowest BCUT2D eigenvalue weighted by Crippen LogP contribution is -2.48. The van der Waals surface area contributed by atoms with Crippen LogP contribution < -0.4 is 0 Å². The van der Waals surface area contributed by atoms with E-state index in [1.807, 2.05) is 7.05 Å². The van der Waals surface area contributed by atoms with Crippen molar-refractivity contribution in [2.45, 2.75) is 6.42 Å². The molecule has 1 aliphatic rings. The maximum absolute atomic E-state index is 13.8. The number of amides is 1. The second kappa shape index (κ2) is 9.05. The number of piperidine rings is 1. The van der Waals surface area contributed by atoms with Gasteiger partial charge in [0.15, 0.2) is 11.5 Å². The fourth-order valence-electron chi connectivity index (χ4n) is 3.22. The monoisotopic (exact) mass is 339 g/mol. The molecule has 2 rings (SSSR count). The molecule has 1 aromatic heterocycles. The molecule has 7 heteroatoms. The standard InChI is InChI=1S/C17H26FN3O3/c1-20(6-7-24-2)9-13-8-14(12-22)11-21(10-13)17(23)16-15(18)4-3-5-19-16/h3-5,13-14,22H,6-12H2,1-2H3. The highest BCUT2D eigenvalue weighted by Crippen LogP contribution is 2.24. The van der Waals surface area contributed by atoms with Gasteiger partial charge in [0.25, 0.3) is 5.91 Å². The Morgan fingerprint density at radius 1 is 1.50 bits per heavy atom. The average molecular weight is 339 g/mol. The van der Waals surface area contributed by atoms with Crippen molar-refractivity contribution < 1.29 is 19.0 Å². The van der Waals surface area contributed by atoms with E-state index in [1.165, 1.54) is 18.3 Å². The van der Waals surface area contributed by atoms with Gasteiger partial charge in [0.1, 0.15) is 0 Å². The number of hydrogen-bond donors (Lipinski definition) is 1. The molecule has 6 nitrogen and oxygen atoms in total. The number of halogens is 1. The fraction of sp³-hybridized carbons (Fsp3) is 0.647. The Labute approximate surface area is 142 Å². The molecule has 1 aliphatic heterocycles. The number of rotatable bonds is 7. The predicted octanol–water partition coefficient (Wildman–Crippen LogP) is 0.870. The van der Waals surface area contributed by atoms with Gasteiger partial charge >= 0.3 is 0 Å². The lowest BCUT2D eigenvalue weighted by molar-refractivity contribution is 0.0442. The Kier molecular flexibility index (Phi) is 7.08. The van der Waals surface area contributed by atoms with Crippen LogP contribution in [0.4, 0.5) is 4.39 Å². The van der Waals surface area contributed by atoms with E-state index in [1.54, 1.807) is 12.0 Å². The van der Waals surface area contributed by atoms with Gasteiger partial charge in [-0.05, 0) is 37.4 Å². The number of hydrogen-bond acceptors (Lipinski definition) is 5. The van der Waals surface area contributed by atoms with Gasteiger partial charge in [0.05, 0.1) is 6.61 Å². The van der Waals surface area contributed by atoms with Crippen LogP contribution in [0.2, 0.25) is 0 Å². The molecule has 2 heterocycles. The summed E-state index contributed by atoms with van der Waals surface area (Å²) in [6, 6.07) is 2.70. The van der Waals surface area contributed by atoms with Crippen molar-refractivity contribution in [2.75, 3.05) is 53.6 Å². The van der Waals surface area contributed by atoms with E-state index in [2.05, 4.69) is 9.88 Å². The minimum atomic E-state index is -0.609. The fourth-order valence-corrected chi connectivity index (χ4v) is 3.22. The van der Waals surface area contributed by atoms with E-state index in [4.69, 9.17) is 4.74 Å². The first kappa shape index (κ1) is 18.8. The van der Waals surface area contributed by atoms with Crippen molar-refractivity contribution >= 4 is 5.91 Å². The summed E-state index contributed by atoms with van der Waals surface area (Å²) < 4.78 is 18.9. The number of aromatic nitrogens is 1. The maximum Gasteiger partial charge on any atom is 0.275 e. The zero-order chi connectivity index (χ0) is 17.5. The van der Waals surface area contributed by atoms with Gasteiger partial charge in [0.2, 0.25) is 0 Å². The van der Waals surface area contributed by atoms with Crippen molar-refractivity contribution in [3.63, 3.8) is 0 Å². The van der Waals surface area contributed by atoms with Crippen LogP contribution in [0.3, 0.4) is 0 Å². The van der Waals surface area contributed by atoms with Gasteiger partial charge in [-0.15, -0.1) is 0 Å². The van der Waals surface area contributed by atoms with E-state index in [-0.39, 0.29) is 24.1 Å². The Hall–Kier alpha value is -1.57. The lowest BCUT2D eigenvalue weighted by atomic mass is 9.89. The predicted molar refractivity (Wildman–Crippen MR) is 88.2 cm³/mol. The summed E-state index contributed by atoms with van der Waals surface area (Å²) in [7, 11) is 3.67. The second-order valence-electron chi connectivity index (χ2n) is 6.45.